The second kappa shape index (κ2) is 6.80. The molecule has 3 rings (SSSR count). The summed E-state index contributed by atoms with van der Waals surface area (Å²) in [6.45, 7) is 8.33. The largest absolute Gasteiger partial charge is 0.481 e. The van der Waals surface area contributed by atoms with Crippen LogP contribution in [-0.2, 0) is 4.79 Å². The van der Waals surface area contributed by atoms with E-state index in [1.807, 2.05) is 0 Å². The highest BCUT2D eigenvalue weighted by molar-refractivity contribution is 5.87. The fourth-order valence-electron chi connectivity index (χ4n) is 3.68. The molecule has 4 heteroatoms. The molecule has 0 radical (unpaired) electrons. The normalized spacial score (nSPS) is 18.1. The smallest absolute Gasteiger partial charge is 0.303 e. The number of carboxylic acid groups (broad SMARTS) is 1. The number of hydrogen-bond donors (Lipinski definition) is 1. The number of benzene rings is 1. The number of aromatic nitrogens is 1. The standard InChI is InChI=1S/C20H26N2O2/c1-13-6-8-17-14(2)11-18(21-20(17)15(13)3)22-10-4-5-16(12-22)7-9-19(23)24/h6,8,11,16H,4-5,7,9-10,12H2,1-3H3,(H,23,24). The molecule has 1 N–H and O–H groups in total. The molecule has 0 bridgehead atoms. The number of aliphatic carboxylic acids is 1. The first kappa shape index (κ1) is 16.7. The van der Waals surface area contributed by atoms with Crippen molar-refractivity contribution in [1.29, 1.82) is 0 Å². The molecular weight excluding hydrogens is 300 g/mol. The van der Waals surface area contributed by atoms with Crippen molar-refractivity contribution in [3.63, 3.8) is 0 Å². The van der Waals surface area contributed by atoms with Crippen LogP contribution in [0.2, 0.25) is 0 Å². The summed E-state index contributed by atoms with van der Waals surface area (Å²) in [5.74, 6) is 0.790. The maximum Gasteiger partial charge on any atom is 0.303 e. The summed E-state index contributed by atoms with van der Waals surface area (Å²) < 4.78 is 0. The number of carboxylic acids is 1. The van der Waals surface area contributed by atoms with Crippen LogP contribution in [0.15, 0.2) is 18.2 Å². The van der Waals surface area contributed by atoms with Gasteiger partial charge >= 0.3 is 5.97 Å². The number of nitrogens with zero attached hydrogens (tertiary/aromatic N) is 2. The lowest BCUT2D eigenvalue weighted by atomic mass is 9.93. The number of hydrogen-bond acceptors (Lipinski definition) is 3. The van der Waals surface area contributed by atoms with E-state index in [2.05, 4.69) is 43.9 Å². The highest BCUT2D eigenvalue weighted by Crippen LogP contribution is 2.30. The molecule has 128 valence electrons. The van der Waals surface area contributed by atoms with E-state index in [0.29, 0.717) is 5.92 Å². The first-order valence-electron chi connectivity index (χ1n) is 8.80. The summed E-state index contributed by atoms with van der Waals surface area (Å²) in [6, 6.07) is 6.50. The van der Waals surface area contributed by atoms with E-state index in [0.717, 1.165) is 43.7 Å². The first-order valence-corrected chi connectivity index (χ1v) is 8.80. The minimum Gasteiger partial charge on any atom is -0.481 e. The summed E-state index contributed by atoms with van der Waals surface area (Å²) in [7, 11) is 0. The highest BCUT2D eigenvalue weighted by atomic mass is 16.4. The van der Waals surface area contributed by atoms with Crippen molar-refractivity contribution in [2.75, 3.05) is 18.0 Å². The van der Waals surface area contributed by atoms with Crippen molar-refractivity contribution >= 4 is 22.7 Å². The average molecular weight is 326 g/mol. The Bertz CT molecular complexity index is 770. The Balaban J connectivity index is 1.88. The molecule has 2 aromatic rings. The highest BCUT2D eigenvalue weighted by Gasteiger charge is 2.22. The molecule has 24 heavy (non-hydrogen) atoms. The van der Waals surface area contributed by atoms with Crippen molar-refractivity contribution in [1.82, 2.24) is 4.98 Å². The van der Waals surface area contributed by atoms with Gasteiger partial charge in [0.2, 0.25) is 0 Å². The zero-order valence-corrected chi connectivity index (χ0v) is 14.8. The predicted octanol–water partition coefficient (Wildman–Crippen LogP) is 4.24. The van der Waals surface area contributed by atoms with E-state index >= 15 is 0 Å². The van der Waals surface area contributed by atoms with E-state index in [9.17, 15) is 4.79 Å². The SMILES string of the molecule is Cc1ccc2c(C)cc(N3CCCC(CCC(=O)O)C3)nc2c1C. The van der Waals surface area contributed by atoms with Gasteiger partial charge in [0.1, 0.15) is 5.82 Å². The molecule has 4 nitrogen and oxygen atoms in total. The second-order valence-electron chi connectivity index (χ2n) is 7.09. The zero-order valence-electron chi connectivity index (χ0n) is 14.8. The van der Waals surface area contributed by atoms with Gasteiger partial charge in [0.05, 0.1) is 5.52 Å². The van der Waals surface area contributed by atoms with Gasteiger partial charge in [-0.05, 0) is 68.7 Å². The number of pyridine rings is 1. The molecule has 0 aliphatic carbocycles. The lowest BCUT2D eigenvalue weighted by Crippen LogP contribution is -2.36. The fourth-order valence-corrected chi connectivity index (χ4v) is 3.68. The van der Waals surface area contributed by atoms with Crippen molar-refractivity contribution in [2.45, 2.75) is 46.5 Å². The van der Waals surface area contributed by atoms with Crippen molar-refractivity contribution in [2.24, 2.45) is 5.92 Å². The van der Waals surface area contributed by atoms with Crippen molar-refractivity contribution in [3.8, 4) is 0 Å². The van der Waals surface area contributed by atoms with E-state index in [4.69, 9.17) is 10.1 Å². The van der Waals surface area contributed by atoms with E-state index in [1.54, 1.807) is 0 Å². The van der Waals surface area contributed by atoms with Crippen molar-refractivity contribution < 1.29 is 9.90 Å². The lowest BCUT2D eigenvalue weighted by molar-refractivity contribution is -0.137. The summed E-state index contributed by atoms with van der Waals surface area (Å²) in [6.07, 6.45) is 3.25. The molecule has 1 aliphatic rings. The molecule has 1 aromatic heterocycles. The van der Waals surface area contributed by atoms with Crippen LogP contribution in [-0.4, -0.2) is 29.1 Å². The summed E-state index contributed by atoms with van der Waals surface area (Å²) in [5, 5.41) is 10.1. The van der Waals surface area contributed by atoms with Gasteiger partial charge in [-0.2, -0.15) is 0 Å². The first-order chi connectivity index (χ1) is 11.5. The minimum absolute atomic E-state index is 0.265. The van der Waals surface area contributed by atoms with Gasteiger partial charge in [-0.25, -0.2) is 4.98 Å². The summed E-state index contributed by atoms with van der Waals surface area (Å²) in [5.41, 5.74) is 4.87. The van der Waals surface area contributed by atoms with Crippen LogP contribution in [0.4, 0.5) is 5.82 Å². The monoisotopic (exact) mass is 326 g/mol. The fraction of sp³-hybridized carbons (Fsp3) is 0.500. The summed E-state index contributed by atoms with van der Waals surface area (Å²) >= 11 is 0. The third-order valence-electron chi connectivity index (χ3n) is 5.31. The van der Waals surface area contributed by atoms with Gasteiger partial charge in [0.25, 0.3) is 0 Å². The van der Waals surface area contributed by atoms with Gasteiger partial charge < -0.3 is 10.0 Å². The van der Waals surface area contributed by atoms with E-state index < -0.39 is 5.97 Å². The quantitative estimate of drug-likeness (QED) is 0.913. The van der Waals surface area contributed by atoms with Crippen LogP contribution in [0.5, 0.6) is 0 Å². The predicted molar refractivity (Wildman–Crippen MR) is 97.8 cm³/mol. The Labute approximate surface area is 143 Å². The number of carbonyl (C=O) groups is 1. The maximum atomic E-state index is 10.8. The van der Waals surface area contributed by atoms with Crippen LogP contribution in [0.25, 0.3) is 10.9 Å². The van der Waals surface area contributed by atoms with Crippen LogP contribution in [0.1, 0.15) is 42.4 Å². The van der Waals surface area contributed by atoms with Gasteiger partial charge in [-0.15, -0.1) is 0 Å². The molecule has 1 atom stereocenters. The Hall–Kier alpha value is -2.10. The molecule has 1 aliphatic heterocycles. The number of anilines is 1. The average Bonchev–Trinajstić information content (AvgIpc) is 2.56. The van der Waals surface area contributed by atoms with Gasteiger partial charge in [0, 0.05) is 24.9 Å². The van der Waals surface area contributed by atoms with E-state index in [-0.39, 0.29) is 6.42 Å². The molecule has 1 fully saturated rings. The minimum atomic E-state index is -0.696. The molecule has 1 aromatic carbocycles. The Morgan fingerprint density at radius 3 is 2.83 bits per heavy atom. The van der Waals surface area contributed by atoms with Crippen LogP contribution >= 0.6 is 0 Å². The third-order valence-corrected chi connectivity index (χ3v) is 5.31. The topological polar surface area (TPSA) is 53.4 Å². The maximum absolute atomic E-state index is 10.8. The number of piperidine rings is 1. The zero-order chi connectivity index (χ0) is 17.3. The Morgan fingerprint density at radius 2 is 2.08 bits per heavy atom. The van der Waals surface area contributed by atoms with Crippen LogP contribution in [0, 0.1) is 26.7 Å². The molecule has 1 saturated heterocycles. The van der Waals surface area contributed by atoms with Gasteiger partial charge in [0.15, 0.2) is 0 Å². The lowest BCUT2D eigenvalue weighted by Gasteiger charge is -2.34. The summed E-state index contributed by atoms with van der Waals surface area (Å²) in [4.78, 5) is 18.1. The third kappa shape index (κ3) is 3.37. The van der Waals surface area contributed by atoms with Crippen LogP contribution < -0.4 is 4.90 Å². The molecule has 0 spiro atoms. The number of aryl methyl sites for hydroxylation is 3. The van der Waals surface area contributed by atoms with Gasteiger partial charge in [-0.1, -0.05) is 12.1 Å². The number of fused-ring (bicyclic) bond motifs is 1. The van der Waals surface area contributed by atoms with Crippen LogP contribution in [0.3, 0.4) is 0 Å². The van der Waals surface area contributed by atoms with Gasteiger partial charge in [-0.3, -0.25) is 4.79 Å². The van der Waals surface area contributed by atoms with E-state index in [1.165, 1.54) is 22.1 Å². The molecule has 1 unspecified atom stereocenters. The molecule has 0 amide bonds. The second-order valence-corrected chi connectivity index (χ2v) is 7.09. The molecule has 0 saturated carbocycles. The van der Waals surface area contributed by atoms with Crippen molar-refractivity contribution in [3.05, 3.63) is 34.9 Å². The Morgan fingerprint density at radius 1 is 1.29 bits per heavy atom. The molecule has 2 heterocycles. The number of rotatable bonds is 4. The molecular formula is C20H26N2O2. The Kier molecular flexibility index (Phi) is 4.74.